The number of hydrogen-bond acceptors (Lipinski definition) is 16. The molecule has 0 saturated carbocycles. The third kappa shape index (κ3) is 13.3. The lowest BCUT2D eigenvalue weighted by molar-refractivity contribution is -0.129. The normalized spacial score (nSPS) is 16.7. The van der Waals surface area contributed by atoms with Crippen molar-refractivity contribution in [3.63, 3.8) is 0 Å². The van der Waals surface area contributed by atoms with Crippen molar-refractivity contribution in [3.05, 3.63) is 131 Å². The standard InChI is InChI=1S/C34H34ClFN6O3.C31H30ClFN6O3/c1-45-34-38-32-27(20-28(35)30(31(32)36)26-19-24(43)18-22-8-3-4-9-25(22)26)33(39-34)41-16-17-42(23(21-41)11-12-37)29(44)10-7-15-40-13-5-2-6-14-40;1-37(2)12-6-9-26(41)39-14-13-38(18-20(39)10-11-34)30-24-17-25(32)27(28(33)29(24)35-31(36-30)42-3)23-16-21(40)15-19-7-4-5-8-22(19)23/h3-4,7-10,18-20,23,43H,2,5-6,11,13-17,21H2,1H3;4-9,15-17,20,40H,10,12-14,18H2,1-3H3/b10-7+;9-6+/t23-;20-/m00/s1. The van der Waals surface area contributed by atoms with E-state index in [1.807, 2.05) is 83.4 Å². The van der Waals surface area contributed by atoms with E-state index >= 15 is 8.78 Å². The van der Waals surface area contributed by atoms with Crippen LogP contribution in [-0.4, -0.2) is 167 Å². The van der Waals surface area contributed by atoms with Gasteiger partial charge in [-0.3, -0.25) is 14.5 Å². The van der Waals surface area contributed by atoms with Crippen LogP contribution in [-0.2, 0) is 9.59 Å². The number of hydrogen-bond donors (Lipinski definition) is 2. The highest BCUT2D eigenvalue weighted by Crippen LogP contribution is 2.45. The van der Waals surface area contributed by atoms with Gasteiger partial charge in [0.05, 0.1) is 61.3 Å². The molecule has 3 aliphatic rings. The summed E-state index contributed by atoms with van der Waals surface area (Å²) in [6.45, 7) is 5.54. The molecule has 3 fully saturated rings. The first-order valence-electron chi connectivity index (χ1n) is 28.6. The second-order valence-corrected chi connectivity index (χ2v) is 22.6. The van der Waals surface area contributed by atoms with E-state index in [1.54, 1.807) is 46.2 Å². The number of piperidine rings is 1. The molecule has 0 unspecified atom stereocenters. The number of aromatic nitrogens is 4. The van der Waals surface area contributed by atoms with Crippen LogP contribution in [0.4, 0.5) is 20.4 Å². The summed E-state index contributed by atoms with van der Waals surface area (Å²) in [6, 6.07) is 27.6. The van der Waals surface area contributed by atoms with E-state index in [4.69, 9.17) is 32.7 Å². The Bertz CT molecular complexity index is 4080. The number of ether oxygens (including phenoxy) is 2. The van der Waals surface area contributed by atoms with Crippen LogP contribution in [0.5, 0.6) is 23.5 Å². The molecule has 0 bridgehead atoms. The summed E-state index contributed by atoms with van der Waals surface area (Å²) in [6.07, 6.45) is 10.7. The van der Waals surface area contributed by atoms with E-state index in [0.717, 1.165) is 41.2 Å². The maximum Gasteiger partial charge on any atom is 0.318 e. The average molecular weight is 1220 g/mol. The molecule has 22 heteroatoms. The fourth-order valence-electron chi connectivity index (χ4n) is 11.7. The second kappa shape index (κ2) is 27.2. The van der Waals surface area contributed by atoms with Gasteiger partial charge in [-0.2, -0.15) is 30.5 Å². The molecule has 3 saturated heterocycles. The zero-order valence-electron chi connectivity index (χ0n) is 48.6. The number of rotatable bonds is 14. The highest BCUT2D eigenvalue weighted by atomic mass is 35.5. The number of likely N-dealkylation sites (tertiary alicyclic amines) is 1. The number of benzene rings is 6. The molecular formula is C65H64Cl2F2N12O6. The maximum absolute atomic E-state index is 16.5. The molecule has 0 radical (unpaired) electrons. The van der Waals surface area contributed by atoms with Gasteiger partial charge in [0, 0.05) is 86.4 Å². The van der Waals surface area contributed by atoms with Gasteiger partial charge in [0.25, 0.3) is 0 Å². The predicted molar refractivity (Wildman–Crippen MR) is 334 cm³/mol. The Kier molecular flexibility index (Phi) is 19.1. The molecule has 2 atom stereocenters. The Balaban J connectivity index is 0.000000193. The number of nitriles is 2. The Morgan fingerprint density at radius 2 is 1.08 bits per heavy atom. The summed E-state index contributed by atoms with van der Waals surface area (Å²) in [7, 11) is 6.64. The summed E-state index contributed by atoms with van der Waals surface area (Å²) < 4.78 is 43.7. The van der Waals surface area contributed by atoms with Gasteiger partial charge in [-0.15, -0.1) is 0 Å². The molecule has 2 aromatic heterocycles. The molecule has 6 aromatic carbocycles. The Labute approximate surface area is 512 Å². The summed E-state index contributed by atoms with van der Waals surface area (Å²) in [4.78, 5) is 55.5. The average Bonchev–Trinajstić information content (AvgIpc) is 1.07. The molecule has 5 heterocycles. The number of aromatic hydroxyl groups is 2. The molecule has 0 aliphatic carbocycles. The first kappa shape index (κ1) is 61.2. The van der Waals surface area contributed by atoms with Crippen LogP contribution >= 0.6 is 23.2 Å². The number of methoxy groups -OCH3 is 2. The lowest BCUT2D eigenvalue weighted by Crippen LogP contribution is -2.55. The van der Waals surface area contributed by atoms with Crippen molar-refractivity contribution in [1.82, 2.24) is 39.5 Å². The minimum Gasteiger partial charge on any atom is -0.508 e. The molecule has 448 valence electrons. The first-order chi connectivity index (χ1) is 42.1. The van der Waals surface area contributed by atoms with Gasteiger partial charge in [-0.05, 0) is 109 Å². The number of carbonyl (C=O) groups excluding carboxylic acids is 2. The zero-order valence-corrected chi connectivity index (χ0v) is 50.1. The summed E-state index contributed by atoms with van der Waals surface area (Å²) in [5.74, 6) is -0.887. The third-order valence-electron chi connectivity index (χ3n) is 15.9. The molecule has 0 spiro atoms. The topological polar surface area (TPSA) is 212 Å². The zero-order chi connectivity index (χ0) is 61.5. The van der Waals surface area contributed by atoms with E-state index in [-0.39, 0.29) is 80.4 Å². The van der Waals surface area contributed by atoms with E-state index in [1.165, 1.54) is 51.7 Å². The van der Waals surface area contributed by atoms with Crippen molar-refractivity contribution in [2.24, 2.45) is 0 Å². The van der Waals surface area contributed by atoms with Crippen molar-refractivity contribution in [3.8, 4) is 57.9 Å². The number of piperazine rings is 2. The number of nitrogens with zero attached hydrogens (tertiary/aromatic N) is 12. The fourth-order valence-corrected chi connectivity index (χ4v) is 12.3. The van der Waals surface area contributed by atoms with Crippen LogP contribution < -0.4 is 19.3 Å². The van der Waals surface area contributed by atoms with Gasteiger partial charge in [0.2, 0.25) is 11.8 Å². The highest BCUT2D eigenvalue weighted by Gasteiger charge is 2.35. The van der Waals surface area contributed by atoms with E-state index in [2.05, 4.69) is 37.0 Å². The minimum atomic E-state index is -0.677. The first-order valence-corrected chi connectivity index (χ1v) is 29.3. The summed E-state index contributed by atoms with van der Waals surface area (Å²) in [5, 5.41) is 43.9. The summed E-state index contributed by atoms with van der Waals surface area (Å²) in [5.41, 5.74) is 1.09. The number of phenolic OH excluding ortho intramolecular Hbond substituents is 2. The van der Waals surface area contributed by atoms with Crippen LogP contribution in [0.15, 0.2) is 109 Å². The van der Waals surface area contributed by atoms with Crippen molar-refractivity contribution in [2.75, 3.05) is 104 Å². The van der Waals surface area contributed by atoms with Crippen LogP contribution in [0.1, 0.15) is 32.1 Å². The maximum atomic E-state index is 16.5. The van der Waals surface area contributed by atoms with Crippen molar-refractivity contribution in [1.29, 1.82) is 10.5 Å². The SMILES string of the molecule is COc1nc(N2CCN(C(=O)/C=C/CN(C)C)[C@@H](CC#N)C2)c2cc(Cl)c(-c3cc(O)cc4ccccc34)c(F)c2n1.COc1nc(N2CCN(C(=O)/C=C/CN3CCCCC3)[C@@H](CC#N)C2)c2cc(Cl)c(-c3cc(O)cc4ccccc34)c(F)c2n1. The number of carbonyl (C=O) groups is 2. The highest BCUT2D eigenvalue weighted by molar-refractivity contribution is 6.35. The molecule has 2 N–H and O–H groups in total. The van der Waals surface area contributed by atoms with E-state index in [9.17, 15) is 30.3 Å². The molecule has 3 aliphatic heterocycles. The van der Waals surface area contributed by atoms with E-state index < -0.39 is 23.7 Å². The molecule has 87 heavy (non-hydrogen) atoms. The monoisotopic (exact) mass is 1220 g/mol. The lowest BCUT2D eigenvalue weighted by Gasteiger charge is -2.41. The van der Waals surface area contributed by atoms with Gasteiger partial charge in [0.15, 0.2) is 11.6 Å². The van der Waals surface area contributed by atoms with Crippen LogP contribution in [0.2, 0.25) is 10.0 Å². The van der Waals surface area contributed by atoms with Gasteiger partial charge in [-0.25, -0.2) is 8.78 Å². The molecule has 18 nitrogen and oxygen atoms in total. The Hall–Kier alpha value is -8.92. The molecule has 2 amide bonds. The fraction of sp³-hybridized carbons (Fsp3) is 0.323. The number of likely N-dealkylation sites (N-methyl/N-ethyl adjacent to an activating group) is 1. The van der Waals surface area contributed by atoms with Crippen LogP contribution in [0.25, 0.3) is 65.6 Å². The smallest absolute Gasteiger partial charge is 0.318 e. The number of amides is 2. The van der Waals surface area contributed by atoms with Gasteiger partial charge >= 0.3 is 12.0 Å². The van der Waals surface area contributed by atoms with Crippen molar-refractivity contribution in [2.45, 2.75) is 44.2 Å². The Morgan fingerprint density at radius 3 is 1.52 bits per heavy atom. The number of anilines is 2. The quantitative estimate of drug-likeness (QED) is 0.0969. The Morgan fingerprint density at radius 1 is 0.632 bits per heavy atom. The molecular weight excluding hydrogens is 1150 g/mol. The molecule has 11 rings (SSSR count). The van der Waals surface area contributed by atoms with Crippen molar-refractivity contribution < 1.29 is 38.1 Å². The van der Waals surface area contributed by atoms with Gasteiger partial charge < -0.3 is 44.2 Å². The van der Waals surface area contributed by atoms with E-state index in [0.29, 0.717) is 79.3 Å². The molecule has 8 aromatic rings. The summed E-state index contributed by atoms with van der Waals surface area (Å²) >= 11 is 13.6. The van der Waals surface area contributed by atoms with Crippen molar-refractivity contribution >= 4 is 90.0 Å². The second-order valence-electron chi connectivity index (χ2n) is 21.8. The third-order valence-corrected chi connectivity index (χ3v) is 16.5. The predicted octanol–water partition coefficient (Wildman–Crippen LogP) is 10.9. The minimum absolute atomic E-state index is 0.00521. The number of phenols is 2. The van der Waals surface area contributed by atoms with Gasteiger partial charge in [-0.1, -0.05) is 90.3 Å². The van der Waals surface area contributed by atoms with Crippen LogP contribution in [0, 0.1) is 34.3 Å². The number of halogens is 4. The lowest BCUT2D eigenvalue weighted by atomic mass is 9.96. The number of fused-ring (bicyclic) bond motifs is 4. The van der Waals surface area contributed by atoms with Crippen LogP contribution in [0.3, 0.4) is 0 Å². The largest absolute Gasteiger partial charge is 0.508 e. The van der Waals surface area contributed by atoms with Gasteiger partial charge in [0.1, 0.15) is 34.2 Å².